The van der Waals surface area contributed by atoms with Gasteiger partial charge >= 0.3 is 0 Å². The van der Waals surface area contributed by atoms with Gasteiger partial charge in [-0.05, 0) is 0 Å². The summed E-state index contributed by atoms with van der Waals surface area (Å²) in [5.74, 6) is 0.104. The molecule has 1 aromatic rings. The zero-order valence-electron chi connectivity index (χ0n) is 6.83. The van der Waals surface area contributed by atoms with Gasteiger partial charge in [-0.3, -0.25) is 4.79 Å². The molecule has 1 heterocycles. The second kappa shape index (κ2) is 4.61. The molecule has 5 heteroatoms. The minimum Gasteiger partial charge on any atom is -0.484 e. The van der Waals surface area contributed by atoms with E-state index in [0.717, 1.165) is 12.3 Å². The molecule has 4 nitrogen and oxygen atoms in total. The fourth-order valence-electron chi connectivity index (χ4n) is 0.775. The molecule has 0 aromatic carbocycles. The summed E-state index contributed by atoms with van der Waals surface area (Å²) < 4.78 is 21.2. The van der Waals surface area contributed by atoms with Crippen molar-refractivity contribution in [3.05, 3.63) is 28.3 Å². The molecule has 0 bridgehead atoms. The predicted octanol–water partition coefficient (Wildman–Crippen LogP) is 0.480. The first kappa shape index (κ1) is 9.73. The van der Waals surface area contributed by atoms with Crippen LogP contribution < -0.4 is 10.2 Å². The highest BCUT2D eigenvalue weighted by molar-refractivity contribution is 5.17. The Bertz CT molecular complexity index is 320. The van der Waals surface area contributed by atoms with Crippen molar-refractivity contribution in [3.8, 4) is 5.75 Å². The maximum Gasteiger partial charge on any atom is 0.227 e. The lowest BCUT2D eigenvalue weighted by Gasteiger charge is -2.01. The normalized spacial score (nSPS) is 10.0. The van der Waals surface area contributed by atoms with E-state index in [9.17, 15) is 9.18 Å². The minimum atomic E-state index is -0.665. The zero-order chi connectivity index (χ0) is 9.68. The monoisotopic (exact) mass is 188 g/mol. The minimum absolute atomic E-state index is 0.0464. The van der Waals surface area contributed by atoms with Crippen molar-refractivity contribution >= 4 is 0 Å². The fraction of sp³-hybridized carbons (Fsp3) is 0.375. The van der Waals surface area contributed by atoms with Gasteiger partial charge in [-0.25, -0.2) is 4.39 Å². The topological polar surface area (TPSA) is 59.7 Å². The van der Waals surface area contributed by atoms with E-state index in [0.29, 0.717) is 0 Å². The smallest absolute Gasteiger partial charge is 0.227 e. The third kappa shape index (κ3) is 2.55. The van der Waals surface area contributed by atoms with E-state index in [1.54, 1.807) is 0 Å². The van der Waals surface area contributed by atoms with Crippen LogP contribution >= 0.6 is 0 Å². The summed E-state index contributed by atoms with van der Waals surface area (Å²) in [5, 5.41) is 8.60. The van der Waals surface area contributed by atoms with Gasteiger partial charge in [0.25, 0.3) is 0 Å². The van der Waals surface area contributed by atoms with Gasteiger partial charge in [-0.1, -0.05) is 0 Å². The number of rotatable bonds is 4. The van der Waals surface area contributed by atoms with Crippen LogP contribution in [0.25, 0.3) is 0 Å². The Hall–Kier alpha value is -1.36. The lowest BCUT2D eigenvalue weighted by Crippen LogP contribution is -2.09. The molecule has 0 aliphatic carbocycles. The molecule has 1 aromatic heterocycles. The molecule has 1 rings (SSSR count). The highest BCUT2D eigenvalue weighted by atomic mass is 19.1. The summed E-state index contributed by atoms with van der Waals surface area (Å²) in [6, 6.07) is 1.10. The van der Waals surface area contributed by atoms with Crippen molar-refractivity contribution < 1.29 is 18.7 Å². The number of ether oxygens (including phenoxy) is 1. The Morgan fingerprint density at radius 3 is 2.92 bits per heavy atom. The van der Waals surface area contributed by atoms with Crippen LogP contribution in [0, 0.1) is 0 Å². The third-order valence-electron chi connectivity index (χ3n) is 1.34. The molecule has 0 aliphatic heterocycles. The van der Waals surface area contributed by atoms with Gasteiger partial charge in [0, 0.05) is 6.07 Å². The van der Waals surface area contributed by atoms with Crippen LogP contribution in [0.5, 0.6) is 5.75 Å². The molecule has 0 aliphatic rings. The zero-order valence-corrected chi connectivity index (χ0v) is 6.83. The van der Waals surface area contributed by atoms with Gasteiger partial charge < -0.3 is 14.3 Å². The molecule has 0 amide bonds. The first-order chi connectivity index (χ1) is 6.27. The number of halogens is 1. The largest absolute Gasteiger partial charge is 0.484 e. The van der Waals surface area contributed by atoms with E-state index in [2.05, 4.69) is 0 Å². The van der Waals surface area contributed by atoms with Crippen LogP contribution in [0.3, 0.4) is 0 Å². The lowest BCUT2D eigenvalue weighted by atomic mass is 10.4. The lowest BCUT2D eigenvalue weighted by molar-refractivity contribution is 0.233. The predicted molar refractivity (Wildman–Crippen MR) is 42.4 cm³/mol. The first-order valence-corrected chi connectivity index (χ1v) is 3.69. The van der Waals surface area contributed by atoms with Crippen LogP contribution in [0.1, 0.15) is 5.76 Å². The maximum absolute atomic E-state index is 11.7. The molecular formula is C8H9FO4. The van der Waals surface area contributed by atoms with Crippen molar-refractivity contribution in [1.29, 1.82) is 0 Å². The number of alkyl halides is 1. The quantitative estimate of drug-likeness (QED) is 0.746. The van der Waals surface area contributed by atoms with Crippen LogP contribution in [0.4, 0.5) is 4.39 Å². The summed E-state index contributed by atoms with van der Waals surface area (Å²) in [6.07, 6.45) is 1.06. The molecule has 72 valence electrons. The van der Waals surface area contributed by atoms with Crippen LogP contribution in [-0.2, 0) is 6.61 Å². The molecule has 0 atom stereocenters. The Kier molecular flexibility index (Phi) is 3.45. The van der Waals surface area contributed by atoms with E-state index in [1.165, 1.54) is 0 Å². The van der Waals surface area contributed by atoms with Crippen LogP contribution in [0.2, 0.25) is 0 Å². The molecule has 0 unspecified atom stereocenters. The second-order valence-electron chi connectivity index (χ2n) is 2.27. The van der Waals surface area contributed by atoms with Gasteiger partial charge in [-0.2, -0.15) is 0 Å². The highest BCUT2D eigenvalue weighted by Gasteiger charge is 2.02. The van der Waals surface area contributed by atoms with E-state index in [1.807, 2.05) is 0 Å². The van der Waals surface area contributed by atoms with Crippen LogP contribution in [-0.4, -0.2) is 18.4 Å². The summed E-state index contributed by atoms with van der Waals surface area (Å²) in [7, 11) is 0. The Labute approximate surface area is 73.6 Å². The van der Waals surface area contributed by atoms with Gasteiger partial charge in [0.1, 0.15) is 31.9 Å². The Morgan fingerprint density at radius 1 is 1.62 bits per heavy atom. The van der Waals surface area contributed by atoms with Crippen molar-refractivity contribution in [2.24, 2.45) is 0 Å². The molecule has 0 spiro atoms. The summed E-state index contributed by atoms with van der Waals surface area (Å²) in [6.45, 7) is -1.19. The molecule has 13 heavy (non-hydrogen) atoms. The molecule has 0 fully saturated rings. The van der Waals surface area contributed by atoms with Gasteiger partial charge in [0.15, 0.2) is 0 Å². The molecule has 1 N–H and O–H groups in total. The van der Waals surface area contributed by atoms with Crippen molar-refractivity contribution in [2.45, 2.75) is 6.61 Å². The fourth-order valence-corrected chi connectivity index (χ4v) is 0.775. The van der Waals surface area contributed by atoms with E-state index in [4.69, 9.17) is 14.3 Å². The average molecular weight is 188 g/mol. The molecular weight excluding hydrogens is 179 g/mol. The molecule has 0 saturated heterocycles. The van der Waals surface area contributed by atoms with Crippen molar-refractivity contribution in [3.63, 3.8) is 0 Å². The SMILES string of the molecule is O=c1cc(CO)occ1OCCF. The first-order valence-electron chi connectivity index (χ1n) is 3.69. The third-order valence-corrected chi connectivity index (χ3v) is 1.34. The number of aliphatic hydroxyl groups is 1. The van der Waals surface area contributed by atoms with Gasteiger partial charge in [-0.15, -0.1) is 0 Å². The van der Waals surface area contributed by atoms with E-state index < -0.39 is 12.1 Å². The summed E-state index contributed by atoms with van der Waals surface area (Å²) >= 11 is 0. The van der Waals surface area contributed by atoms with E-state index in [-0.39, 0.29) is 24.7 Å². The molecule has 0 saturated carbocycles. The maximum atomic E-state index is 11.7. The van der Waals surface area contributed by atoms with Crippen LogP contribution in [0.15, 0.2) is 21.5 Å². The highest BCUT2D eigenvalue weighted by Crippen LogP contribution is 2.05. The van der Waals surface area contributed by atoms with Crippen molar-refractivity contribution in [2.75, 3.05) is 13.3 Å². The number of aliphatic hydroxyl groups excluding tert-OH is 1. The van der Waals surface area contributed by atoms with Crippen molar-refractivity contribution in [1.82, 2.24) is 0 Å². The van der Waals surface area contributed by atoms with Gasteiger partial charge in [0.2, 0.25) is 11.2 Å². The summed E-state index contributed by atoms with van der Waals surface area (Å²) in [5.41, 5.74) is -0.427. The second-order valence-corrected chi connectivity index (χ2v) is 2.27. The number of hydrogen-bond acceptors (Lipinski definition) is 4. The standard InChI is InChI=1S/C8H9FO4/c9-1-2-12-8-5-13-6(4-10)3-7(8)11/h3,5,10H,1-2,4H2. The average Bonchev–Trinajstić information content (AvgIpc) is 2.16. The van der Waals surface area contributed by atoms with Gasteiger partial charge in [0.05, 0.1) is 0 Å². The Balaban J connectivity index is 2.80. The summed E-state index contributed by atoms with van der Waals surface area (Å²) in [4.78, 5) is 11.1. The molecule has 0 radical (unpaired) electrons. The number of hydrogen-bond donors (Lipinski definition) is 1. The van der Waals surface area contributed by atoms with E-state index >= 15 is 0 Å². The Morgan fingerprint density at radius 2 is 2.38 bits per heavy atom.